The molecule has 142 valence electrons. The number of rotatable bonds is 1. The Kier molecular flexibility index (Phi) is 3.73. The number of hydrogen-bond acceptors (Lipinski definition) is 4. The van der Waals surface area contributed by atoms with Gasteiger partial charge in [0.25, 0.3) is 0 Å². The van der Waals surface area contributed by atoms with Crippen molar-refractivity contribution >= 4 is 17.6 Å². The van der Waals surface area contributed by atoms with Crippen molar-refractivity contribution in [3.05, 3.63) is 41.5 Å². The Morgan fingerprint density at radius 2 is 2.15 bits per heavy atom. The standard InChI is InChI=1S/C22H26N2O3/c1-13-7-8-14(20(25)27-2)15-11-19-22(9-10-24(19)12-16(13)15)17-5-3-4-6-18(17)23-21(22)26/h3-6,8,13,15-16,19H,7,9-12H2,1-2H3,(H,23,26)/t13?,15-,16-,19+,22-/m1/s1. The Morgan fingerprint density at radius 1 is 1.33 bits per heavy atom. The van der Waals surface area contributed by atoms with Gasteiger partial charge in [0, 0.05) is 23.8 Å². The Bertz CT molecular complexity index is 848. The van der Waals surface area contributed by atoms with Crippen LogP contribution in [0, 0.1) is 17.8 Å². The van der Waals surface area contributed by atoms with E-state index in [4.69, 9.17) is 4.74 Å². The van der Waals surface area contributed by atoms with Gasteiger partial charge in [-0.25, -0.2) is 4.79 Å². The summed E-state index contributed by atoms with van der Waals surface area (Å²) in [5.74, 6) is 1.11. The lowest BCUT2D eigenvalue weighted by molar-refractivity contribution is -0.137. The number of para-hydroxylation sites is 1. The molecule has 4 aliphatic rings. The number of ether oxygens (including phenoxy) is 1. The number of amides is 1. The number of benzene rings is 1. The minimum absolute atomic E-state index is 0.127. The Balaban J connectivity index is 1.55. The van der Waals surface area contributed by atoms with Crippen LogP contribution in [0.3, 0.4) is 0 Å². The maximum Gasteiger partial charge on any atom is 0.333 e. The molecule has 1 aliphatic carbocycles. The van der Waals surface area contributed by atoms with Gasteiger partial charge >= 0.3 is 5.97 Å². The van der Waals surface area contributed by atoms with Crippen LogP contribution in [0.5, 0.6) is 0 Å². The van der Waals surface area contributed by atoms with Crippen molar-refractivity contribution in [3.63, 3.8) is 0 Å². The number of nitrogens with zero attached hydrogens (tertiary/aromatic N) is 1. The van der Waals surface area contributed by atoms with Crippen molar-refractivity contribution in [2.75, 3.05) is 25.5 Å². The van der Waals surface area contributed by atoms with Crippen molar-refractivity contribution < 1.29 is 14.3 Å². The van der Waals surface area contributed by atoms with Gasteiger partial charge in [-0.15, -0.1) is 0 Å². The van der Waals surface area contributed by atoms with Crippen LogP contribution >= 0.6 is 0 Å². The average molecular weight is 366 g/mol. The molecule has 5 rings (SSSR count). The van der Waals surface area contributed by atoms with Crippen molar-refractivity contribution in [1.82, 2.24) is 4.90 Å². The molecule has 1 N–H and O–H groups in total. The number of nitrogens with one attached hydrogen (secondary N) is 1. The van der Waals surface area contributed by atoms with E-state index in [2.05, 4.69) is 29.3 Å². The molecule has 2 saturated heterocycles. The molecule has 0 radical (unpaired) electrons. The maximum atomic E-state index is 13.2. The highest BCUT2D eigenvalue weighted by Crippen LogP contribution is 2.54. The number of piperidine rings is 1. The summed E-state index contributed by atoms with van der Waals surface area (Å²) in [6, 6.07) is 8.24. The van der Waals surface area contributed by atoms with E-state index in [0.29, 0.717) is 11.8 Å². The van der Waals surface area contributed by atoms with Crippen molar-refractivity contribution in [2.24, 2.45) is 17.8 Å². The lowest BCUT2D eigenvalue weighted by atomic mass is 9.63. The molecule has 0 aromatic heterocycles. The zero-order chi connectivity index (χ0) is 18.8. The van der Waals surface area contributed by atoms with Crippen LogP contribution in [-0.4, -0.2) is 43.0 Å². The zero-order valence-electron chi connectivity index (χ0n) is 15.9. The summed E-state index contributed by atoms with van der Waals surface area (Å²) >= 11 is 0. The van der Waals surface area contributed by atoms with Crippen LogP contribution in [0.4, 0.5) is 5.69 Å². The molecule has 0 bridgehead atoms. The van der Waals surface area contributed by atoms with E-state index in [1.165, 1.54) is 7.11 Å². The quantitative estimate of drug-likeness (QED) is 0.777. The number of allylic oxidation sites excluding steroid dienone is 1. The third-order valence-corrected chi connectivity index (χ3v) is 7.56. The van der Waals surface area contributed by atoms with E-state index in [-0.39, 0.29) is 23.8 Å². The fourth-order valence-electron chi connectivity index (χ4n) is 6.18. The predicted molar refractivity (Wildman–Crippen MR) is 102 cm³/mol. The molecule has 0 saturated carbocycles. The second-order valence-electron chi connectivity index (χ2n) is 8.60. The molecule has 27 heavy (non-hydrogen) atoms. The predicted octanol–water partition coefficient (Wildman–Crippen LogP) is 2.73. The van der Waals surface area contributed by atoms with Crippen LogP contribution in [0.2, 0.25) is 0 Å². The van der Waals surface area contributed by atoms with Gasteiger partial charge in [-0.2, -0.15) is 0 Å². The molecular weight excluding hydrogens is 340 g/mol. The van der Waals surface area contributed by atoms with Crippen molar-refractivity contribution in [2.45, 2.75) is 37.6 Å². The van der Waals surface area contributed by atoms with E-state index >= 15 is 0 Å². The highest BCUT2D eigenvalue weighted by molar-refractivity contribution is 6.07. The van der Waals surface area contributed by atoms with Gasteiger partial charge < -0.3 is 10.1 Å². The number of hydrogen-bond donors (Lipinski definition) is 1. The summed E-state index contributed by atoms with van der Waals surface area (Å²) in [7, 11) is 1.46. The van der Waals surface area contributed by atoms with E-state index < -0.39 is 5.41 Å². The lowest BCUT2D eigenvalue weighted by Gasteiger charge is -2.48. The van der Waals surface area contributed by atoms with Gasteiger partial charge in [0.15, 0.2) is 0 Å². The highest BCUT2D eigenvalue weighted by atomic mass is 16.5. The molecule has 1 spiro atoms. The Labute approximate surface area is 159 Å². The first-order chi connectivity index (χ1) is 13.1. The fraction of sp³-hybridized carbons (Fsp3) is 0.545. The fourth-order valence-corrected chi connectivity index (χ4v) is 6.18. The topological polar surface area (TPSA) is 58.6 Å². The van der Waals surface area contributed by atoms with Gasteiger partial charge in [0.2, 0.25) is 5.91 Å². The number of esters is 1. The number of methoxy groups -OCH3 is 1. The van der Waals surface area contributed by atoms with Gasteiger partial charge in [-0.05, 0) is 55.2 Å². The summed E-state index contributed by atoms with van der Waals surface area (Å²) in [4.78, 5) is 28.1. The van der Waals surface area contributed by atoms with Crippen LogP contribution in [0.1, 0.15) is 31.7 Å². The van der Waals surface area contributed by atoms with Crippen molar-refractivity contribution in [3.8, 4) is 0 Å². The molecule has 1 aromatic carbocycles. The number of anilines is 1. The first-order valence-corrected chi connectivity index (χ1v) is 9.99. The normalized spacial score (nSPS) is 37.3. The molecule has 5 nitrogen and oxygen atoms in total. The summed E-state index contributed by atoms with van der Waals surface area (Å²) in [6.07, 6.45) is 4.71. The highest BCUT2D eigenvalue weighted by Gasteiger charge is 2.60. The maximum absolute atomic E-state index is 13.2. The monoisotopic (exact) mass is 366 g/mol. The molecule has 5 heteroatoms. The molecule has 3 heterocycles. The molecular formula is C22H26N2O3. The second kappa shape index (κ2) is 5.93. The summed E-state index contributed by atoms with van der Waals surface area (Å²) in [6.45, 7) is 4.19. The van der Waals surface area contributed by atoms with Crippen LogP contribution in [0.25, 0.3) is 0 Å². The summed E-state index contributed by atoms with van der Waals surface area (Å²) in [5.41, 5.74) is 2.43. The van der Waals surface area contributed by atoms with E-state index in [0.717, 1.165) is 49.2 Å². The minimum atomic E-state index is -0.483. The van der Waals surface area contributed by atoms with Crippen LogP contribution in [-0.2, 0) is 19.7 Å². The molecule has 5 atom stereocenters. The molecule has 2 fully saturated rings. The third-order valence-electron chi connectivity index (χ3n) is 7.56. The minimum Gasteiger partial charge on any atom is -0.466 e. The molecule has 1 unspecified atom stereocenters. The van der Waals surface area contributed by atoms with E-state index in [9.17, 15) is 9.59 Å². The second-order valence-corrected chi connectivity index (χ2v) is 8.60. The summed E-state index contributed by atoms with van der Waals surface area (Å²) in [5, 5.41) is 3.12. The van der Waals surface area contributed by atoms with E-state index in [1.807, 2.05) is 18.2 Å². The Morgan fingerprint density at radius 3 is 2.96 bits per heavy atom. The number of carbonyl (C=O) groups is 2. The van der Waals surface area contributed by atoms with Gasteiger partial charge in [-0.3, -0.25) is 9.69 Å². The lowest BCUT2D eigenvalue weighted by Crippen LogP contribution is -2.55. The Hall–Kier alpha value is -2.14. The van der Waals surface area contributed by atoms with Crippen LogP contribution < -0.4 is 5.32 Å². The summed E-state index contributed by atoms with van der Waals surface area (Å²) < 4.78 is 5.08. The average Bonchev–Trinajstić information content (AvgIpc) is 3.20. The molecule has 1 aromatic rings. The number of fused-ring (bicyclic) bond motifs is 5. The first-order valence-electron chi connectivity index (χ1n) is 9.99. The molecule has 3 aliphatic heterocycles. The SMILES string of the molecule is COC(=O)C1=CCC(C)[C@H]2CN3CC[C@]4(C(=O)Nc5ccccc54)[C@@H]3C[C@H]12. The van der Waals surface area contributed by atoms with Gasteiger partial charge in [0.05, 0.1) is 12.5 Å². The van der Waals surface area contributed by atoms with Gasteiger partial charge in [0.1, 0.15) is 0 Å². The van der Waals surface area contributed by atoms with Gasteiger partial charge in [-0.1, -0.05) is 31.2 Å². The first kappa shape index (κ1) is 17.0. The third kappa shape index (κ3) is 2.21. The van der Waals surface area contributed by atoms with Crippen LogP contribution in [0.15, 0.2) is 35.9 Å². The largest absolute Gasteiger partial charge is 0.466 e. The number of carbonyl (C=O) groups excluding carboxylic acids is 2. The molecule has 1 amide bonds. The van der Waals surface area contributed by atoms with E-state index in [1.54, 1.807) is 0 Å². The zero-order valence-corrected chi connectivity index (χ0v) is 15.9. The smallest absolute Gasteiger partial charge is 0.333 e. The van der Waals surface area contributed by atoms with Crippen molar-refractivity contribution in [1.29, 1.82) is 0 Å².